The molecule has 4 unspecified atom stereocenters. The molecule has 0 bridgehead atoms. The van der Waals surface area contributed by atoms with Crippen LogP contribution in [0.15, 0.2) is 48.5 Å². The van der Waals surface area contributed by atoms with Gasteiger partial charge < -0.3 is 37.9 Å². The van der Waals surface area contributed by atoms with Gasteiger partial charge in [0.25, 0.3) is 0 Å². The Hall–Kier alpha value is -4.31. The minimum Gasteiger partial charge on any atom is -0.493 e. The maximum atomic E-state index is 13.3. The molecule has 3 aromatic carbocycles. The molecule has 41 heavy (non-hydrogen) atoms. The minimum atomic E-state index is -0.801. The van der Waals surface area contributed by atoms with Crippen molar-refractivity contribution in [3.63, 3.8) is 0 Å². The van der Waals surface area contributed by atoms with Crippen LogP contribution in [0.5, 0.6) is 34.5 Å². The third kappa shape index (κ3) is 4.82. The quantitative estimate of drug-likeness (QED) is 0.347. The first kappa shape index (κ1) is 26.9. The molecule has 0 N–H and O–H groups in total. The number of halogens is 1. The average Bonchev–Trinajstić information content (AvgIpc) is 3.60. The van der Waals surface area contributed by atoms with E-state index in [1.54, 1.807) is 30.3 Å². The van der Waals surface area contributed by atoms with Crippen LogP contribution in [-0.2, 0) is 19.1 Å². The molecule has 4 atom stereocenters. The Balaban J connectivity index is 1.41. The van der Waals surface area contributed by atoms with E-state index >= 15 is 0 Å². The molecular weight excluding hydrogens is 556 g/mol. The number of carbonyl (C=O) groups is 2. The van der Waals surface area contributed by atoms with E-state index in [0.29, 0.717) is 45.1 Å². The van der Waals surface area contributed by atoms with E-state index in [-0.39, 0.29) is 20.0 Å². The number of hydrogen-bond donors (Lipinski definition) is 0. The van der Waals surface area contributed by atoms with Crippen molar-refractivity contribution in [1.82, 2.24) is 0 Å². The van der Waals surface area contributed by atoms with Gasteiger partial charge in [0.2, 0.25) is 12.5 Å². The summed E-state index contributed by atoms with van der Waals surface area (Å²) in [4.78, 5) is 26.4. The molecule has 3 aliphatic rings. The van der Waals surface area contributed by atoms with Gasteiger partial charge in [-0.1, -0.05) is 17.7 Å². The van der Waals surface area contributed by atoms with Crippen molar-refractivity contribution >= 4 is 23.5 Å². The van der Waals surface area contributed by atoms with E-state index in [2.05, 4.69) is 0 Å². The van der Waals surface area contributed by atoms with Crippen molar-refractivity contribution in [3.8, 4) is 34.5 Å². The molecule has 214 valence electrons. The van der Waals surface area contributed by atoms with Crippen molar-refractivity contribution < 1.29 is 47.5 Å². The van der Waals surface area contributed by atoms with E-state index in [1.165, 1.54) is 21.3 Å². The molecule has 0 aromatic heterocycles. The van der Waals surface area contributed by atoms with Gasteiger partial charge in [0.15, 0.2) is 29.6 Å². The second kappa shape index (κ2) is 10.9. The van der Waals surface area contributed by atoms with Gasteiger partial charge in [-0.2, -0.15) is 0 Å². The summed E-state index contributed by atoms with van der Waals surface area (Å²) < 4.78 is 45.2. The number of ether oxygens (including phenoxy) is 8. The van der Waals surface area contributed by atoms with Crippen LogP contribution in [0.1, 0.15) is 28.7 Å². The number of carbonyl (C=O) groups excluding carboxylic acids is 2. The molecular formula is C30H27ClO10. The summed E-state index contributed by atoms with van der Waals surface area (Å²) in [6.07, 6.45) is -0.801. The summed E-state index contributed by atoms with van der Waals surface area (Å²) >= 11 is 6.03. The Kier molecular flexibility index (Phi) is 7.17. The lowest BCUT2D eigenvalue weighted by Gasteiger charge is -2.38. The van der Waals surface area contributed by atoms with Crippen molar-refractivity contribution in [2.24, 2.45) is 11.8 Å². The van der Waals surface area contributed by atoms with Gasteiger partial charge in [0.1, 0.15) is 11.9 Å². The zero-order valence-electron chi connectivity index (χ0n) is 22.5. The molecule has 2 heterocycles. The molecule has 6 rings (SSSR count). The van der Waals surface area contributed by atoms with Crippen molar-refractivity contribution in [1.29, 1.82) is 0 Å². The van der Waals surface area contributed by atoms with Crippen molar-refractivity contribution in [2.45, 2.75) is 12.0 Å². The minimum absolute atomic E-state index is 0.0555. The number of fused-ring (bicyclic) bond motifs is 3. The zero-order valence-corrected chi connectivity index (χ0v) is 23.3. The highest BCUT2D eigenvalue weighted by Crippen LogP contribution is 2.56. The van der Waals surface area contributed by atoms with Crippen molar-refractivity contribution in [3.05, 3.63) is 70.2 Å². The van der Waals surface area contributed by atoms with Gasteiger partial charge in [-0.3, -0.25) is 4.79 Å². The fourth-order valence-electron chi connectivity index (χ4n) is 5.82. The number of hydrogen-bond acceptors (Lipinski definition) is 10. The molecule has 0 spiro atoms. The van der Waals surface area contributed by atoms with Crippen LogP contribution >= 0.6 is 11.6 Å². The van der Waals surface area contributed by atoms with E-state index in [9.17, 15) is 9.59 Å². The van der Waals surface area contributed by atoms with Gasteiger partial charge in [0, 0.05) is 22.4 Å². The molecule has 3 aromatic rings. The second-order valence-corrected chi connectivity index (χ2v) is 10.2. The van der Waals surface area contributed by atoms with Gasteiger partial charge in [-0.25, -0.2) is 4.79 Å². The Bertz CT molecular complexity index is 1480. The molecule has 1 saturated heterocycles. The smallest absolute Gasteiger partial charge is 0.344 e. The number of esters is 2. The average molecular weight is 583 g/mol. The van der Waals surface area contributed by atoms with Crippen LogP contribution in [0.4, 0.5) is 0 Å². The molecule has 1 fully saturated rings. The first-order chi connectivity index (χ1) is 19.9. The Morgan fingerprint density at radius 1 is 0.927 bits per heavy atom. The lowest BCUT2D eigenvalue weighted by Crippen LogP contribution is -2.37. The first-order valence-corrected chi connectivity index (χ1v) is 13.3. The Morgan fingerprint density at radius 3 is 2.29 bits per heavy atom. The van der Waals surface area contributed by atoms with Crippen LogP contribution in [0.25, 0.3) is 0 Å². The predicted molar refractivity (Wildman–Crippen MR) is 144 cm³/mol. The van der Waals surface area contributed by atoms with Crippen LogP contribution in [0, 0.1) is 11.8 Å². The maximum absolute atomic E-state index is 13.3. The van der Waals surface area contributed by atoms with Gasteiger partial charge in [-0.05, 0) is 53.6 Å². The number of rotatable bonds is 8. The highest BCUT2D eigenvalue weighted by molar-refractivity contribution is 6.30. The highest BCUT2D eigenvalue weighted by atomic mass is 35.5. The van der Waals surface area contributed by atoms with Crippen LogP contribution in [0.3, 0.4) is 0 Å². The number of benzene rings is 3. The summed E-state index contributed by atoms with van der Waals surface area (Å²) in [5, 5.41) is 0.482. The zero-order chi connectivity index (χ0) is 28.7. The SMILES string of the molecule is COc1cc(C2c3cc4c(cc3C(OC(=O)COc3cccc(Cl)c3)C3COC(=O)C23)OCO4)cc(OC)c1OC. The van der Waals surface area contributed by atoms with Gasteiger partial charge >= 0.3 is 11.9 Å². The summed E-state index contributed by atoms with van der Waals surface area (Å²) in [6.45, 7) is -0.218. The summed E-state index contributed by atoms with van der Waals surface area (Å²) in [5.74, 6) is 0.151. The second-order valence-electron chi connectivity index (χ2n) is 9.75. The fourth-order valence-corrected chi connectivity index (χ4v) is 6.00. The Labute approximate surface area is 240 Å². The molecule has 0 amide bonds. The monoisotopic (exact) mass is 582 g/mol. The third-order valence-corrected chi connectivity index (χ3v) is 7.81. The van der Waals surface area contributed by atoms with Crippen molar-refractivity contribution in [2.75, 3.05) is 41.3 Å². The molecule has 11 heteroatoms. The van der Waals surface area contributed by atoms with E-state index in [4.69, 9.17) is 49.5 Å². The molecule has 0 radical (unpaired) electrons. The molecule has 10 nitrogen and oxygen atoms in total. The standard InChI is InChI=1S/C30H27ClO10/c1-34-23-7-15(8-24(35-2)29(23)36-3)26-18-10-21-22(40-14-39-21)11-19(18)28(20-12-38-30(33)27(20)26)41-25(32)13-37-17-6-4-5-16(31)9-17/h4-11,20,26-28H,12-14H2,1-3H3. The lowest BCUT2D eigenvalue weighted by atomic mass is 9.66. The molecule has 0 saturated carbocycles. The fraction of sp³-hybridized carbons (Fsp3) is 0.333. The summed E-state index contributed by atoms with van der Waals surface area (Å²) in [6, 6.07) is 14.0. The molecule has 2 aliphatic heterocycles. The van der Waals surface area contributed by atoms with E-state index in [0.717, 1.165) is 11.1 Å². The van der Waals surface area contributed by atoms with E-state index in [1.807, 2.05) is 18.2 Å². The first-order valence-electron chi connectivity index (χ1n) is 12.9. The van der Waals surface area contributed by atoms with Crippen LogP contribution < -0.4 is 28.4 Å². The normalized spacial score (nSPS) is 21.8. The largest absolute Gasteiger partial charge is 0.493 e. The van der Waals surface area contributed by atoms with Gasteiger partial charge in [-0.15, -0.1) is 0 Å². The van der Waals surface area contributed by atoms with Crippen LogP contribution in [0.2, 0.25) is 5.02 Å². The van der Waals surface area contributed by atoms with Gasteiger partial charge in [0.05, 0.1) is 33.9 Å². The Morgan fingerprint density at radius 2 is 1.63 bits per heavy atom. The van der Waals surface area contributed by atoms with Crippen LogP contribution in [-0.4, -0.2) is 53.3 Å². The highest BCUT2D eigenvalue weighted by Gasteiger charge is 2.54. The topological polar surface area (TPSA) is 108 Å². The number of cyclic esters (lactones) is 1. The number of methoxy groups -OCH3 is 3. The summed E-state index contributed by atoms with van der Waals surface area (Å²) in [7, 11) is 4.58. The maximum Gasteiger partial charge on any atom is 0.344 e. The van der Waals surface area contributed by atoms with E-state index < -0.39 is 35.8 Å². The predicted octanol–water partition coefficient (Wildman–Crippen LogP) is 4.69. The molecule has 1 aliphatic carbocycles. The third-order valence-electron chi connectivity index (χ3n) is 7.58. The summed E-state index contributed by atoms with van der Waals surface area (Å²) in [5.41, 5.74) is 2.16. The lowest BCUT2D eigenvalue weighted by molar-refractivity contribution is -0.156.